The van der Waals surface area contributed by atoms with E-state index in [1.807, 2.05) is 11.4 Å². The van der Waals surface area contributed by atoms with E-state index in [1.165, 1.54) is 11.3 Å². The molecule has 4 nitrogen and oxygen atoms in total. The molecular formula is C13H20BrN3OS. The third kappa shape index (κ3) is 4.87. The minimum Gasteiger partial charge on any atom is -0.352 e. The largest absolute Gasteiger partial charge is 0.352 e. The van der Waals surface area contributed by atoms with Crippen LogP contribution >= 0.6 is 27.3 Å². The maximum Gasteiger partial charge on any atom is 0.252 e. The fourth-order valence-electron chi connectivity index (χ4n) is 2.11. The van der Waals surface area contributed by atoms with Crippen LogP contribution in [0, 0.1) is 0 Å². The highest BCUT2D eigenvalue weighted by Crippen LogP contribution is 2.20. The highest BCUT2D eigenvalue weighted by molar-refractivity contribution is 9.11. The van der Waals surface area contributed by atoms with Gasteiger partial charge in [0.25, 0.3) is 5.91 Å². The molecule has 19 heavy (non-hydrogen) atoms. The Morgan fingerprint density at radius 1 is 1.42 bits per heavy atom. The second kappa shape index (κ2) is 7.38. The van der Waals surface area contributed by atoms with Gasteiger partial charge < -0.3 is 15.1 Å². The van der Waals surface area contributed by atoms with Crippen molar-refractivity contribution in [1.29, 1.82) is 0 Å². The highest BCUT2D eigenvalue weighted by Gasteiger charge is 2.13. The number of hydrogen-bond acceptors (Lipinski definition) is 4. The van der Waals surface area contributed by atoms with Crippen molar-refractivity contribution in [3.8, 4) is 0 Å². The summed E-state index contributed by atoms with van der Waals surface area (Å²) in [5.41, 5.74) is 0.747. The molecule has 1 aliphatic rings. The molecule has 1 fully saturated rings. The number of carbonyl (C=O) groups excluding carboxylic acids is 1. The van der Waals surface area contributed by atoms with Crippen molar-refractivity contribution in [2.24, 2.45) is 0 Å². The molecule has 0 aliphatic carbocycles. The molecule has 0 saturated carbocycles. The summed E-state index contributed by atoms with van der Waals surface area (Å²) in [6.45, 7) is 6.40. The fourth-order valence-corrected chi connectivity index (χ4v) is 3.24. The molecule has 1 aliphatic heterocycles. The first kappa shape index (κ1) is 15.0. The van der Waals surface area contributed by atoms with Crippen molar-refractivity contribution in [2.45, 2.75) is 6.42 Å². The van der Waals surface area contributed by atoms with Gasteiger partial charge in [-0.3, -0.25) is 4.79 Å². The average Bonchev–Trinajstić information content (AvgIpc) is 2.83. The standard InChI is InChI=1S/C13H20BrN3OS/c1-16-5-7-17(8-6-16)4-2-3-15-13(18)11-9-12(14)19-10-11/h9-10H,2-8H2,1H3,(H,15,18). The minimum atomic E-state index is 0.0281. The van der Waals surface area contributed by atoms with Crippen LogP contribution in [0.15, 0.2) is 15.2 Å². The van der Waals surface area contributed by atoms with E-state index >= 15 is 0 Å². The Hall–Kier alpha value is -0.430. The van der Waals surface area contributed by atoms with Crippen molar-refractivity contribution in [2.75, 3.05) is 46.3 Å². The SMILES string of the molecule is CN1CCN(CCCNC(=O)c2csc(Br)c2)CC1. The first-order valence-electron chi connectivity index (χ1n) is 6.58. The number of halogens is 1. The van der Waals surface area contributed by atoms with Crippen molar-refractivity contribution in [3.63, 3.8) is 0 Å². The van der Waals surface area contributed by atoms with E-state index in [-0.39, 0.29) is 5.91 Å². The van der Waals surface area contributed by atoms with Gasteiger partial charge in [0, 0.05) is 38.1 Å². The molecule has 1 amide bonds. The van der Waals surface area contributed by atoms with E-state index in [2.05, 4.69) is 38.1 Å². The summed E-state index contributed by atoms with van der Waals surface area (Å²) >= 11 is 4.90. The molecule has 0 bridgehead atoms. The summed E-state index contributed by atoms with van der Waals surface area (Å²) < 4.78 is 0.995. The molecule has 1 aromatic heterocycles. The monoisotopic (exact) mass is 345 g/mol. The smallest absolute Gasteiger partial charge is 0.252 e. The van der Waals surface area contributed by atoms with Gasteiger partial charge >= 0.3 is 0 Å². The van der Waals surface area contributed by atoms with Gasteiger partial charge in [0.05, 0.1) is 9.35 Å². The Labute approximate surface area is 126 Å². The van der Waals surface area contributed by atoms with Gasteiger partial charge in [-0.2, -0.15) is 0 Å². The average molecular weight is 346 g/mol. The second-order valence-electron chi connectivity index (χ2n) is 4.89. The quantitative estimate of drug-likeness (QED) is 0.827. The van der Waals surface area contributed by atoms with Crippen molar-refractivity contribution >= 4 is 33.2 Å². The van der Waals surface area contributed by atoms with Crippen LogP contribution in [0.25, 0.3) is 0 Å². The van der Waals surface area contributed by atoms with Crippen LogP contribution in [0.4, 0.5) is 0 Å². The Kier molecular flexibility index (Phi) is 5.81. The molecule has 0 aromatic carbocycles. The lowest BCUT2D eigenvalue weighted by Gasteiger charge is -2.32. The summed E-state index contributed by atoms with van der Waals surface area (Å²) in [7, 11) is 2.16. The topological polar surface area (TPSA) is 35.6 Å². The third-order valence-corrected chi connectivity index (χ3v) is 4.87. The number of rotatable bonds is 5. The molecule has 0 unspecified atom stereocenters. The lowest BCUT2D eigenvalue weighted by molar-refractivity contribution is 0.0950. The Morgan fingerprint density at radius 3 is 2.79 bits per heavy atom. The van der Waals surface area contributed by atoms with E-state index < -0.39 is 0 Å². The number of likely N-dealkylation sites (N-methyl/N-ethyl adjacent to an activating group) is 1. The fraction of sp³-hybridized carbons (Fsp3) is 0.615. The van der Waals surface area contributed by atoms with E-state index in [0.717, 1.165) is 55.0 Å². The maximum absolute atomic E-state index is 11.8. The van der Waals surface area contributed by atoms with Gasteiger partial charge in [-0.05, 0) is 42.0 Å². The van der Waals surface area contributed by atoms with E-state index in [9.17, 15) is 4.79 Å². The Balaban J connectivity index is 1.60. The summed E-state index contributed by atoms with van der Waals surface area (Å²) in [5.74, 6) is 0.0281. The van der Waals surface area contributed by atoms with Gasteiger partial charge in [0.1, 0.15) is 0 Å². The maximum atomic E-state index is 11.8. The van der Waals surface area contributed by atoms with Crippen molar-refractivity contribution in [3.05, 3.63) is 20.8 Å². The first-order chi connectivity index (χ1) is 9.15. The van der Waals surface area contributed by atoms with Crippen LogP contribution in [0.1, 0.15) is 16.8 Å². The molecule has 106 valence electrons. The Morgan fingerprint density at radius 2 is 2.16 bits per heavy atom. The van der Waals surface area contributed by atoms with Gasteiger partial charge in [-0.25, -0.2) is 0 Å². The molecule has 1 saturated heterocycles. The minimum absolute atomic E-state index is 0.0281. The predicted octanol–water partition coefficient (Wildman–Crippen LogP) is 1.88. The van der Waals surface area contributed by atoms with E-state index in [0.29, 0.717) is 0 Å². The third-order valence-electron chi connectivity index (χ3n) is 3.36. The van der Waals surface area contributed by atoms with Crippen molar-refractivity contribution in [1.82, 2.24) is 15.1 Å². The first-order valence-corrected chi connectivity index (χ1v) is 8.25. The van der Waals surface area contributed by atoms with Crippen molar-refractivity contribution < 1.29 is 4.79 Å². The van der Waals surface area contributed by atoms with Gasteiger partial charge in [0.15, 0.2) is 0 Å². The molecule has 0 radical (unpaired) electrons. The highest BCUT2D eigenvalue weighted by atomic mass is 79.9. The normalized spacial score (nSPS) is 17.6. The van der Waals surface area contributed by atoms with Crippen LogP contribution < -0.4 is 5.32 Å². The number of nitrogens with zero attached hydrogens (tertiary/aromatic N) is 2. The Bertz CT molecular complexity index is 416. The molecule has 6 heteroatoms. The lowest BCUT2D eigenvalue weighted by atomic mass is 10.3. The second-order valence-corrected chi connectivity index (χ2v) is 7.18. The molecule has 0 spiro atoms. The molecule has 1 aromatic rings. The number of carbonyl (C=O) groups is 1. The summed E-state index contributed by atoms with van der Waals surface area (Å²) in [4.78, 5) is 16.6. The lowest BCUT2D eigenvalue weighted by Crippen LogP contribution is -2.45. The van der Waals surface area contributed by atoms with Gasteiger partial charge in [-0.1, -0.05) is 0 Å². The number of thiophene rings is 1. The van der Waals surface area contributed by atoms with Gasteiger partial charge in [-0.15, -0.1) is 11.3 Å². The molecule has 0 atom stereocenters. The molecule has 1 N–H and O–H groups in total. The van der Waals surface area contributed by atoms with Crippen LogP contribution in [0.2, 0.25) is 0 Å². The number of piperazine rings is 1. The van der Waals surface area contributed by atoms with Crippen LogP contribution in [-0.2, 0) is 0 Å². The zero-order chi connectivity index (χ0) is 13.7. The summed E-state index contributed by atoms with van der Waals surface area (Å²) in [6, 6.07) is 1.86. The number of nitrogens with one attached hydrogen (secondary N) is 1. The molecular weight excluding hydrogens is 326 g/mol. The predicted molar refractivity (Wildman–Crippen MR) is 82.9 cm³/mol. The van der Waals surface area contributed by atoms with Crippen LogP contribution in [0.3, 0.4) is 0 Å². The zero-order valence-corrected chi connectivity index (χ0v) is 13.6. The van der Waals surface area contributed by atoms with Crippen LogP contribution in [-0.4, -0.2) is 62.0 Å². The van der Waals surface area contributed by atoms with E-state index in [4.69, 9.17) is 0 Å². The number of amides is 1. The van der Waals surface area contributed by atoms with Crippen LogP contribution in [0.5, 0.6) is 0 Å². The summed E-state index contributed by atoms with van der Waals surface area (Å²) in [6.07, 6.45) is 1.01. The van der Waals surface area contributed by atoms with Gasteiger partial charge in [0.2, 0.25) is 0 Å². The zero-order valence-electron chi connectivity index (χ0n) is 11.2. The molecule has 2 heterocycles. The number of hydrogen-bond donors (Lipinski definition) is 1. The van der Waals surface area contributed by atoms with E-state index in [1.54, 1.807) is 0 Å². The molecule has 2 rings (SSSR count). The summed E-state index contributed by atoms with van der Waals surface area (Å²) in [5, 5.41) is 4.85.